The third-order valence-electron chi connectivity index (χ3n) is 2.12. The molecule has 0 aliphatic carbocycles. The topological polar surface area (TPSA) is 75.9 Å². The zero-order valence-electron chi connectivity index (χ0n) is 8.72. The summed E-state index contributed by atoms with van der Waals surface area (Å²) in [6, 6.07) is 9.49. The summed E-state index contributed by atoms with van der Waals surface area (Å²) in [6.45, 7) is 0.712. The van der Waals surface area contributed by atoms with Gasteiger partial charge < -0.3 is 10.7 Å². The molecule has 0 unspecified atom stereocenters. The number of aromatic nitrogens is 2. The summed E-state index contributed by atoms with van der Waals surface area (Å²) < 4.78 is 0. The molecule has 0 spiro atoms. The molecule has 16 heavy (non-hydrogen) atoms. The van der Waals surface area contributed by atoms with E-state index in [0.717, 1.165) is 11.4 Å². The van der Waals surface area contributed by atoms with Crippen molar-refractivity contribution >= 4 is 11.6 Å². The summed E-state index contributed by atoms with van der Waals surface area (Å²) in [5.74, 6) is 6.70. The summed E-state index contributed by atoms with van der Waals surface area (Å²) in [7, 11) is 0. The molecule has 5 nitrogen and oxygen atoms in total. The van der Waals surface area contributed by atoms with E-state index >= 15 is 0 Å². The fourth-order valence-corrected chi connectivity index (χ4v) is 1.31. The van der Waals surface area contributed by atoms with Gasteiger partial charge >= 0.3 is 0 Å². The summed E-state index contributed by atoms with van der Waals surface area (Å²) in [4.78, 5) is 8.20. The number of rotatable bonds is 4. The maximum atomic E-state index is 5.28. The first-order valence-corrected chi connectivity index (χ1v) is 4.95. The molecule has 0 aliphatic rings. The van der Waals surface area contributed by atoms with E-state index in [-0.39, 0.29) is 0 Å². The first-order valence-electron chi connectivity index (χ1n) is 4.95. The molecule has 4 N–H and O–H groups in total. The molecule has 82 valence electrons. The molecule has 0 bridgehead atoms. The first kappa shape index (κ1) is 10.4. The summed E-state index contributed by atoms with van der Waals surface area (Å²) >= 11 is 0. The predicted molar refractivity (Wildman–Crippen MR) is 63.6 cm³/mol. The molecule has 0 fully saturated rings. The van der Waals surface area contributed by atoms with Gasteiger partial charge in [-0.15, -0.1) is 0 Å². The van der Waals surface area contributed by atoms with Crippen molar-refractivity contribution < 1.29 is 0 Å². The number of anilines is 2. The van der Waals surface area contributed by atoms with Gasteiger partial charge in [0.25, 0.3) is 0 Å². The van der Waals surface area contributed by atoms with Crippen LogP contribution in [-0.2, 0) is 6.54 Å². The van der Waals surface area contributed by atoms with Gasteiger partial charge in [-0.2, -0.15) is 0 Å². The van der Waals surface area contributed by atoms with Gasteiger partial charge in [-0.3, -0.25) is 4.98 Å². The van der Waals surface area contributed by atoms with Crippen LogP contribution in [0.25, 0.3) is 0 Å². The van der Waals surface area contributed by atoms with Crippen LogP contribution in [0.3, 0.4) is 0 Å². The lowest BCUT2D eigenvalue weighted by atomic mass is 10.3. The average Bonchev–Trinajstić information content (AvgIpc) is 2.38. The molecule has 5 heteroatoms. The number of hydrogen-bond donors (Lipinski definition) is 3. The fraction of sp³-hybridized carbons (Fsp3) is 0.0909. The van der Waals surface area contributed by atoms with Crippen LogP contribution in [0.5, 0.6) is 0 Å². The van der Waals surface area contributed by atoms with Gasteiger partial charge in [0.1, 0.15) is 11.6 Å². The molecule has 0 amide bonds. The van der Waals surface area contributed by atoms with E-state index in [1.165, 1.54) is 0 Å². The van der Waals surface area contributed by atoms with Crippen molar-refractivity contribution in [2.75, 3.05) is 10.7 Å². The van der Waals surface area contributed by atoms with Crippen LogP contribution in [0, 0.1) is 0 Å². The van der Waals surface area contributed by atoms with E-state index in [4.69, 9.17) is 5.84 Å². The summed E-state index contributed by atoms with van der Waals surface area (Å²) in [5.41, 5.74) is 3.66. The molecule has 2 aromatic rings. The zero-order chi connectivity index (χ0) is 11.2. The van der Waals surface area contributed by atoms with Gasteiger partial charge in [-0.25, -0.2) is 10.8 Å². The number of hydrogen-bond acceptors (Lipinski definition) is 5. The van der Waals surface area contributed by atoms with Crippen molar-refractivity contribution in [3.05, 3.63) is 48.3 Å². The number of hydrazine groups is 1. The zero-order valence-corrected chi connectivity index (χ0v) is 8.72. The third kappa shape index (κ3) is 2.68. The van der Waals surface area contributed by atoms with Gasteiger partial charge in [0.15, 0.2) is 0 Å². The van der Waals surface area contributed by atoms with Crippen molar-refractivity contribution in [2.24, 2.45) is 5.84 Å². The van der Waals surface area contributed by atoms with Crippen LogP contribution in [0.4, 0.5) is 11.6 Å². The molecule has 0 saturated carbocycles. The minimum Gasteiger partial charge on any atom is -0.366 e. The molecule has 0 saturated heterocycles. The highest BCUT2D eigenvalue weighted by Gasteiger charge is 1.96. The van der Waals surface area contributed by atoms with Crippen LogP contribution in [-0.4, -0.2) is 9.97 Å². The van der Waals surface area contributed by atoms with Gasteiger partial charge in [0.2, 0.25) is 0 Å². The molecular formula is C11H13N5. The Morgan fingerprint density at radius 2 is 1.81 bits per heavy atom. The van der Waals surface area contributed by atoms with Gasteiger partial charge in [0, 0.05) is 18.9 Å². The largest absolute Gasteiger partial charge is 0.366 e. The highest BCUT2D eigenvalue weighted by Crippen LogP contribution is 2.09. The molecule has 0 aromatic carbocycles. The molecule has 0 radical (unpaired) electrons. The Kier molecular flexibility index (Phi) is 3.30. The molecule has 0 aliphatic heterocycles. The van der Waals surface area contributed by atoms with Crippen LogP contribution in [0.1, 0.15) is 5.56 Å². The molecule has 2 heterocycles. The second-order valence-corrected chi connectivity index (χ2v) is 3.26. The Balaban J connectivity index is 1.99. The lowest BCUT2D eigenvalue weighted by molar-refractivity contribution is 1.09. The monoisotopic (exact) mass is 215 g/mol. The van der Waals surface area contributed by atoms with Crippen molar-refractivity contribution in [3.63, 3.8) is 0 Å². The molecule has 0 atom stereocenters. The van der Waals surface area contributed by atoms with E-state index in [2.05, 4.69) is 20.7 Å². The number of nitrogen functional groups attached to an aromatic ring is 1. The quantitative estimate of drug-likeness (QED) is 0.530. The molecule has 2 rings (SSSR count). The SMILES string of the molecule is NNc1cccc(NCc2ccncc2)n1. The minimum atomic E-state index is 0.639. The number of nitrogens with two attached hydrogens (primary N) is 1. The van der Waals surface area contributed by atoms with Crippen molar-refractivity contribution in [1.82, 2.24) is 9.97 Å². The van der Waals surface area contributed by atoms with E-state index in [9.17, 15) is 0 Å². The third-order valence-corrected chi connectivity index (χ3v) is 2.12. The lowest BCUT2D eigenvalue weighted by Gasteiger charge is -2.06. The molecular weight excluding hydrogens is 202 g/mol. The van der Waals surface area contributed by atoms with E-state index < -0.39 is 0 Å². The highest BCUT2D eigenvalue weighted by molar-refractivity contribution is 5.44. The summed E-state index contributed by atoms with van der Waals surface area (Å²) in [5, 5.41) is 3.20. The first-order chi connectivity index (χ1) is 7.88. The van der Waals surface area contributed by atoms with E-state index in [0.29, 0.717) is 12.4 Å². The second kappa shape index (κ2) is 5.09. The van der Waals surface area contributed by atoms with Crippen molar-refractivity contribution in [2.45, 2.75) is 6.54 Å². The molecule has 2 aromatic heterocycles. The standard InChI is InChI=1S/C11H13N5/c12-16-11-3-1-2-10(15-11)14-8-9-4-6-13-7-5-9/h1-7H,8,12H2,(H2,14,15,16). The lowest BCUT2D eigenvalue weighted by Crippen LogP contribution is -2.09. The van der Waals surface area contributed by atoms with Gasteiger partial charge in [0.05, 0.1) is 0 Å². The van der Waals surface area contributed by atoms with Crippen LogP contribution in [0.2, 0.25) is 0 Å². The Hall–Kier alpha value is -2.14. The second-order valence-electron chi connectivity index (χ2n) is 3.26. The van der Waals surface area contributed by atoms with Gasteiger partial charge in [-0.05, 0) is 29.8 Å². The average molecular weight is 215 g/mol. The highest BCUT2D eigenvalue weighted by atomic mass is 15.3. The van der Waals surface area contributed by atoms with E-state index in [1.54, 1.807) is 18.5 Å². The Bertz CT molecular complexity index is 443. The number of nitrogens with zero attached hydrogens (tertiary/aromatic N) is 2. The van der Waals surface area contributed by atoms with Crippen LogP contribution in [0.15, 0.2) is 42.7 Å². The Morgan fingerprint density at radius 3 is 2.56 bits per heavy atom. The number of nitrogens with one attached hydrogen (secondary N) is 2. The maximum absolute atomic E-state index is 5.28. The Morgan fingerprint density at radius 1 is 1.06 bits per heavy atom. The smallest absolute Gasteiger partial charge is 0.142 e. The van der Waals surface area contributed by atoms with Crippen LogP contribution < -0.4 is 16.6 Å². The predicted octanol–water partition coefficient (Wildman–Crippen LogP) is 1.37. The minimum absolute atomic E-state index is 0.639. The summed E-state index contributed by atoms with van der Waals surface area (Å²) in [6.07, 6.45) is 3.53. The van der Waals surface area contributed by atoms with Crippen molar-refractivity contribution in [1.29, 1.82) is 0 Å². The maximum Gasteiger partial charge on any atom is 0.142 e. The van der Waals surface area contributed by atoms with Gasteiger partial charge in [-0.1, -0.05) is 6.07 Å². The normalized spacial score (nSPS) is 9.81. The van der Waals surface area contributed by atoms with Crippen molar-refractivity contribution in [3.8, 4) is 0 Å². The number of pyridine rings is 2. The fourth-order valence-electron chi connectivity index (χ4n) is 1.31. The Labute approximate surface area is 93.7 Å². The van der Waals surface area contributed by atoms with Crippen LogP contribution >= 0.6 is 0 Å². The van der Waals surface area contributed by atoms with E-state index in [1.807, 2.05) is 24.3 Å².